The van der Waals surface area contributed by atoms with Crippen LogP contribution in [0.2, 0.25) is 0 Å². The van der Waals surface area contributed by atoms with Gasteiger partial charge in [-0.1, -0.05) is 11.6 Å². The summed E-state index contributed by atoms with van der Waals surface area (Å²) in [4.78, 5) is 13.8. The highest BCUT2D eigenvalue weighted by atomic mass is 16.5. The van der Waals surface area contributed by atoms with E-state index >= 15 is 0 Å². The van der Waals surface area contributed by atoms with E-state index in [9.17, 15) is 4.79 Å². The fourth-order valence-electron chi connectivity index (χ4n) is 3.74. The number of benzene rings is 3. The third-order valence-corrected chi connectivity index (χ3v) is 5.35. The Morgan fingerprint density at radius 2 is 1.44 bits per heavy atom. The Morgan fingerprint density at radius 1 is 0.781 bits per heavy atom. The summed E-state index contributed by atoms with van der Waals surface area (Å²) in [5, 5.41) is 0.745. The lowest BCUT2D eigenvalue weighted by Crippen LogP contribution is -2.05. The van der Waals surface area contributed by atoms with Crippen LogP contribution in [0.25, 0.3) is 22.3 Å². The third kappa shape index (κ3) is 3.64. The van der Waals surface area contributed by atoms with Gasteiger partial charge in [-0.05, 0) is 55.5 Å². The number of aryl methyl sites for hydroxylation is 1. The second kappa shape index (κ2) is 8.67. The van der Waals surface area contributed by atoms with Crippen LogP contribution in [0.4, 0.5) is 0 Å². The number of furan rings is 1. The summed E-state index contributed by atoms with van der Waals surface area (Å²) < 4.78 is 27.7. The summed E-state index contributed by atoms with van der Waals surface area (Å²) in [6, 6.07) is 16.5. The van der Waals surface area contributed by atoms with E-state index in [1.54, 1.807) is 19.2 Å². The number of carbonyl (C=O) groups excluding carboxylic acids is 1. The summed E-state index contributed by atoms with van der Waals surface area (Å²) in [5.74, 6) is 2.25. The van der Waals surface area contributed by atoms with Crippen LogP contribution in [0.15, 0.2) is 59.0 Å². The molecule has 0 spiro atoms. The maximum atomic E-state index is 13.8. The predicted molar refractivity (Wildman–Crippen MR) is 122 cm³/mol. The van der Waals surface area contributed by atoms with Gasteiger partial charge in [0.15, 0.2) is 17.3 Å². The van der Waals surface area contributed by atoms with Gasteiger partial charge in [0.1, 0.15) is 17.1 Å². The summed E-state index contributed by atoms with van der Waals surface area (Å²) >= 11 is 0. The van der Waals surface area contributed by atoms with E-state index in [1.807, 2.05) is 49.4 Å². The van der Waals surface area contributed by atoms with E-state index in [-0.39, 0.29) is 5.78 Å². The molecule has 0 N–H and O–H groups in total. The van der Waals surface area contributed by atoms with Gasteiger partial charge in [-0.15, -0.1) is 0 Å². The first-order valence-corrected chi connectivity index (χ1v) is 10.0. The third-order valence-electron chi connectivity index (χ3n) is 5.35. The van der Waals surface area contributed by atoms with E-state index < -0.39 is 0 Å². The summed E-state index contributed by atoms with van der Waals surface area (Å²) in [6.45, 7) is 1.98. The zero-order valence-corrected chi connectivity index (χ0v) is 18.6. The van der Waals surface area contributed by atoms with Crippen molar-refractivity contribution < 1.29 is 28.2 Å². The zero-order chi connectivity index (χ0) is 22.8. The highest BCUT2D eigenvalue weighted by Gasteiger charge is 2.26. The van der Waals surface area contributed by atoms with Crippen LogP contribution in [0.1, 0.15) is 21.5 Å². The van der Waals surface area contributed by atoms with Gasteiger partial charge in [0.25, 0.3) is 0 Å². The Labute approximate surface area is 186 Å². The van der Waals surface area contributed by atoms with Gasteiger partial charge in [0, 0.05) is 16.5 Å². The minimum atomic E-state index is -0.209. The van der Waals surface area contributed by atoms with Crippen molar-refractivity contribution in [3.63, 3.8) is 0 Å². The fraction of sp³-hybridized carbons (Fsp3) is 0.192. The van der Waals surface area contributed by atoms with Gasteiger partial charge in [0.2, 0.25) is 5.75 Å². The maximum absolute atomic E-state index is 13.8. The SMILES string of the molecule is COc1ccc(-c2oc3ccc(C)cc3c2C(=O)c2cc(OC)c(OC)c(OC)c2)cc1. The molecule has 0 radical (unpaired) electrons. The molecule has 0 aliphatic rings. The molecule has 3 aromatic carbocycles. The first kappa shape index (κ1) is 21.3. The second-order valence-electron chi connectivity index (χ2n) is 7.28. The van der Waals surface area contributed by atoms with Crippen molar-refractivity contribution in [2.24, 2.45) is 0 Å². The number of methoxy groups -OCH3 is 4. The molecule has 6 heteroatoms. The highest BCUT2D eigenvalue weighted by molar-refractivity contribution is 6.20. The van der Waals surface area contributed by atoms with Crippen molar-refractivity contribution in [3.8, 4) is 34.3 Å². The molecule has 1 aromatic heterocycles. The number of ketones is 1. The minimum Gasteiger partial charge on any atom is -0.497 e. The molecule has 0 unspecified atom stereocenters. The van der Waals surface area contributed by atoms with Crippen molar-refractivity contribution in [3.05, 3.63) is 71.3 Å². The average molecular weight is 432 g/mol. The summed E-state index contributed by atoms with van der Waals surface area (Å²) in [5.41, 5.74) is 3.31. The lowest BCUT2D eigenvalue weighted by molar-refractivity contribution is 0.103. The van der Waals surface area contributed by atoms with Crippen LogP contribution < -0.4 is 18.9 Å². The van der Waals surface area contributed by atoms with E-state index in [4.69, 9.17) is 23.4 Å². The Hall–Kier alpha value is -3.93. The molecule has 4 aromatic rings. The Bertz CT molecular complexity index is 1260. The van der Waals surface area contributed by atoms with Gasteiger partial charge >= 0.3 is 0 Å². The number of ether oxygens (including phenoxy) is 4. The first-order chi connectivity index (χ1) is 15.5. The molecule has 0 aliphatic carbocycles. The highest BCUT2D eigenvalue weighted by Crippen LogP contribution is 2.41. The number of rotatable bonds is 7. The van der Waals surface area contributed by atoms with Crippen LogP contribution >= 0.6 is 0 Å². The first-order valence-electron chi connectivity index (χ1n) is 10.0. The number of hydrogen-bond acceptors (Lipinski definition) is 6. The fourth-order valence-corrected chi connectivity index (χ4v) is 3.74. The molecule has 0 bridgehead atoms. The lowest BCUT2D eigenvalue weighted by atomic mass is 9.96. The van der Waals surface area contributed by atoms with Crippen LogP contribution in [0.5, 0.6) is 23.0 Å². The Morgan fingerprint density at radius 3 is 2.00 bits per heavy atom. The monoisotopic (exact) mass is 432 g/mol. The van der Waals surface area contributed by atoms with Gasteiger partial charge in [-0.3, -0.25) is 4.79 Å². The molecular weight excluding hydrogens is 408 g/mol. The molecule has 0 saturated carbocycles. The molecule has 0 saturated heterocycles. The van der Waals surface area contributed by atoms with Crippen molar-refractivity contribution in [2.75, 3.05) is 28.4 Å². The maximum Gasteiger partial charge on any atom is 0.203 e. The summed E-state index contributed by atoms with van der Waals surface area (Å²) in [7, 11) is 6.17. The Kier molecular flexibility index (Phi) is 5.77. The van der Waals surface area contributed by atoms with Crippen molar-refractivity contribution in [2.45, 2.75) is 6.92 Å². The Balaban J connectivity index is 1.95. The standard InChI is InChI=1S/C26H24O6/c1-15-6-11-20-19(12-15)23(25(32-20)16-7-9-18(28-2)10-8-16)24(27)17-13-21(29-3)26(31-5)22(14-17)30-4/h6-14H,1-5H3. The molecule has 0 fully saturated rings. The second-order valence-corrected chi connectivity index (χ2v) is 7.28. The van der Waals surface area contributed by atoms with Crippen LogP contribution in [0.3, 0.4) is 0 Å². The molecule has 0 atom stereocenters. The quantitative estimate of drug-likeness (QED) is 0.350. The number of carbonyl (C=O) groups is 1. The van der Waals surface area contributed by atoms with Crippen molar-refractivity contribution in [1.82, 2.24) is 0 Å². The topological polar surface area (TPSA) is 67.1 Å². The summed E-state index contributed by atoms with van der Waals surface area (Å²) in [6.07, 6.45) is 0. The minimum absolute atomic E-state index is 0.209. The molecule has 32 heavy (non-hydrogen) atoms. The van der Waals surface area contributed by atoms with Crippen molar-refractivity contribution in [1.29, 1.82) is 0 Å². The molecule has 164 valence electrons. The molecule has 1 heterocycles. The largest absolute Gasteiger partial charge is 0.497 e. The number of hydrogen-bond donors (Lipinski definition) is 0. The van der Waals surface area contributed by atoms with E-state index in [2.05, 4.69) is 0 Å². The van der Waals surface area contributed by atoms with Crippen LogP contribution in [0, 0.1) is 6.92 Å². The predicted octanol–water partition coefficient (Wildman–Crippen LogP) is 5.67. The van der Waals surface area contributed by atoms with E-state index in [0.717, 1.165) is 22.3 Å². The van der Waals surface area contributed by atoms with Gasteiger partial charge in [-0.2, -0.15) is 0 Å². The lowest BCUT2D eigenvalue weighted by Gasteiger charge is -2.14. The molecular formula is C26H24O6. The van der Waals surface area contributed by atoms with Crippen LogP contribution in [-0.4, -0.2) is 34.2 Å². The van der Waals surface area contributed by atoms with Crippen molar-refractivity contribution >= 4 is 16.8 Å². The van der Waals surface area contributed by atoms with Gasteiger partial charge in [0.05, 0.1) is 34.0 Å². The van der Waals surface area contributed by atoms with Gasteiger partial charge < -0.3 is 23.4 Å². The van der Waals surface area contributed by atoms with E-state index in [0.29, 0.717) is 39.7 Å². The average Bonchev–Trinajstić information content (AvgIpc) is 3.21. The molecule has 0 aliphatic heterocycles. The molecule has 6 nitrogen and oxygen atoms in total. The van der Waals surface area contributed by atoms with Crippen LogP contribution in [-0.2, 0) is 0 Å². The molecule has 0 amide bonds. The van der Waals surface area contributed by atoms with E-state index in [1.165, 1.54) is 21.3 Å². The zero-order valence-electron chi connectivity index (χ0n) is 18.6. The smallest absolute Gasteiger partial charge is 0.203 e. The normalized spacial score (nSPS) is 10.8. The number of fused-ring (bicyclic) bond motifs is 1. The molecule has 4 rings (SSSR count). The van der Waals surface area contributed by atoms with Gasteiger partial charge in [-0.25, -0.2) is 0 Å².